The minimum absolute atomic E-state index is 0.0926. The number of ether oxygens (including phenoxy) is 2. The molecule has 8 saturated carbocycles. The second-order valence-electron chi connectivity index (χ2n) is 15.1. The minimum Gasteiger partial charge on any atom is -0.465 e. The standard InChI is InChI=1S/C31H48O4/c1-5-24(27(32)34-18-31-14-21-7-22(15-31)9-23(8-21)16-31)17-29(2,3)28(33)35-30(4)25-10-19-6-20(12-25)13-26(30)11-19/h19-26H,5-18H2,1-4H3. The first kappa shape index (κ1) is 24.3. The van der Waals surface area contributed by atoms with Gasteiger partial charge in [0.05, 0.1) is 17.9 Å². The van der Waals surface area contributed by atoms with E-state index in [0.717, 1.165) is 29.6 Å². The van der Waals surface area contributed by atoms with E-state index < -0.39 is 5.41 Å². The summed E-state index contributed by atoms with van der Waals surface area (Å²) in [6.45, 7) is 8.82. The van der Waals surface area contributed by atoms with Crippen LogP contribution in [0.5, 0.6) is 0 Å². The van der Waals surface area contributed by atoms with Crippen molar-refractivity contribution in [3.8, 4) is 0 Å². The maximum atomic E-state index is 13.5. The fourth-order valence-corrected chi connectivity index (χ4v) is 10.5. The second kappa shape index (κ2) is 8.48. The highest BCUT2D eigenvalue weighted by Crippen LogP contribution is 2.61. The van der Waals surface area contributed by atoms with Crippen molar-refractivity contribution in [3.05, 3.63) is 0 Å². The van der Waals surface area contributed by atoms with Gasteiger partial charge in [-0.2, -0.15) is 0 Å². The van der Waals surface area contributed by atoms with Crippen molar-refractivity contribution in [2.24, 2.45) is 58.2 Å². The van der Waals surface area contributed by atoms with E-state index in [-0.39, 0.29) is 28.9 Å². The molecule has 0 aromatic carbocycles. The summed E-state index contributed by atoms with van der Waals surface area (Å²) in [6, 6.07) is 0. The van der Waals surface area contributed by atoms with E-state index in [9.17, 15) is 9.59 Å². The summed E-state index contributed by atoms with van der Waals surface area (Å²) in [7, 11) is 0. The highest BCUT2D eigenvalue weighted by atomic mass is 16.6. The van der Waals surface area contributed by atoms with Crippen molar-refractivity contribution in [1.82, 2.24) is 0 Å². The lowest BCUT2D eigenvalue weighted by Gasteiger charge is -2.59. The minimum atomic E-state index is -0.682. The Labute approximate surface area is 212 Å². The van der Waals surface area contributed by atoms with Crippen LogP contribution in [-0.2, 0) is 19.1 Å². The summed E-state index contributed by atoms with van der Waals surface area (Å²) < 4.78 is 12.5. The molecule has 196 valence electrons. The van der Waals surface area contributed by atoms with E-state index in [0.29, 0.717) is 31.3 Å². The maximum Gasteiger partial charge on any atom is 0.312 e. The fourth-order valence-electron chi connectivity index (χ4n) is 10.5. The van der Waals surface area contributed by atoms with Gasteiger partial charge in [0, 0.05) is 5.41 Å². The third-order valence-electron chi connectivity index (χ3n) is 11.9. The van der Waals surface area contributed by atoms with Crippen LogP contribution in [0.3, 0.4) is 0 Å². The van der Waals surface area contributed by atoms with Crippen molar-refractivity contribution >= 4 is 11.9 Å². The monoisotopic (exact) mass is 484 g/mol. The van der Waals surface area contributed by atoms with E-state index in [1.807, 2.05) is 13.8 Å². The fraction of sp³-hybridized carbons (Fsp3) is 0.935. The van der Waals surface area contributed by atoms with Gasteiger partial charge in [0.15, 0.2) is 0 Å². The Morgan fingerprint density at radius 2 is 1.31 bits per heavy atom. The average molecular weight is 485 g/mol. The normalized spacial score (nSPS) is 46.0. The molecule has 0 heterocycles. The topological polar surface area (TPSA) is 52.6 Å². The van der Waals surface area contributed by atoms with Crippen LogP contribution >= 0.6 is 0 Å². The number of hydrogen-bond donors (Lipinski definition) is 0. The first-order valence-electron chi connectivity index (χ1n) is 15.0. The first-order chi connectivity index (χ1) is 16.6. The lowest BCUT2D eigenvalue weighted by atomic mass is 9.50. The van der Waals surface area contributed by atoms with Crippen LogP contribution in [0.2, 0.25) is 0 Å². The summed E-state index contributed by atoms with van der Waals surface area (Å²) in [4.78, 5) is 26.8. The van der Waals surface area contributed by atoms with E-state index in [1.165, 1.54) is 70.6 Å². The van der Waals surface area contributed by atoms with Crippen LogP contribution in [0.25, 0.3) is 0 Å². The lowest BCUT2D eigenvalue weighted by molar-refractivity contribution is -0.212. The highest BCUT2D eigenvalue weighted by Gasteiger charge is 2.58. The van der Waals surface area contributed by atoms with Gasteiger partial charge in [-0.25, -0.2) is 0 Å². The van der Waals surface area contributed by atoms with Crippen molar-refractivity contribution in [2.45, 2.75) is 117 Å². The molecule has 8 rings (SSSR count). The van der Waals surface area contributed by atoms with Gasteiger partial charge in [0.2, 0.25) is 0 Å². The van der Waals surface area contributed by atoms with E-state index in [1.54, 1.807) is 0 Å². The SMILES string of the molecule is CCC(CC(C)(C)C(=O)OC1(C)C2CC3CC(C2)CC1C3)C(=O)OCC12CC3CC(CC(C3)C1)C2. The number of carbonyl (C=O) groups is 2. The number of rotatable bonds is 8. The molecule has 8 fully saturated rings. The van der Waals surface area contributed by atoms with E-state index in [4.69, 9.17) is 9.47 Å². The molecular weight excluding hydrogens is 436 g/mol. The summed E-state index contributed by atoms with van der Waals surface area (Å²) >= 11 is 0. The zero-order valence-corrected chi connectivity index (χ0v) is 22.7. The van der Waals surface area contributed by atoms with Crippen LogP contribution in [-0.4, -0.2) is 24.1 Å². The van der Waals surface area contributed by atoms with Crippen LogP contribution in [0.1, 0.15) is 111 Å². The largest absolute Gasteiger partial charge is 0.465 e. The molecule has 4 nitrogen and oxygen atoms in total. The molecule has 8 bridgehead atoms. The molecule has 0 amide bonds. The molecular formula is C31H48O4. The zero-order chi connectivity index (χ0) is 24.6. The van der Waals surface area contributed by atoms with Crippen molar-refractivity contribution < 1.29 is 19.1 Å². The van der Waals surface area contributed by atoms with Gasteiger partial charge >= 0.3 is 11.9 Å². The predicted octanol–water partition coefficient (Wildman–Crippen LogP) is 6.95. The predicted molar refractivity (Wildman–Crippen MR) is 135 cm³/mol. The molecule has 0 aliphatic heterocycles. The van der Waals surface area contributed by atoms with E-state index in [2.05, 4.69) is 13.8 Å². The van der Waals surface area contributed by atoms with Gasteiger partial charge in [0.1, 0.15) is 5.60 Å². The molecule has 0 aromatic rings. The summed E-state index contributed by atoms with van der Waals surface area (Å²) in [5, 5.41) is 0. The number of carbonyl (C=O) groups excluding carboxylic acids is 2. The van der Waals surface area contributed by atoms with Gasteiger partial charge in [-0.1, -0.05) is 6.92 Å². The van der Waals surface area contributed by atoms with Gasteiger partial charge in [-0.3, -0.25) is 9.59 Å². The van der Waals surface area contributed by atoms with Crippen LogP contribution in [0.15, 0.2) is 0 Å². The van der Waals surface area contributed by atoms with Gasteiger partial charge < -0.3 is 9.47 Å². The molecule has 4 heteroatoms. The van der Waals surface area contributed by atoms with Crippen LogP contribution in [0.4, 0.5) is 0 Å². The van der Waals surface area contributed by atoms with E-state index >= 15 is 0 Å². The van der Waals surface area contributed by atoms with Crippen LogP contribution in [0, 0.1) is 58.2 Å². The third kappa shape index (κ3) is 4.27. The van der Waals surface area contributed by atoms with Gasteiger partial charge in [0.25, 0.3) is 0 Å². The third-order valence-corrected chi connectivity index (χ3v) is 11.9. The molecule has 8 aliphatic carbocycles. The summed E-state index contributed by atoms with van der Waals surface area (Å²) in [6.07, 6.45) is 15.5. The molecule has 0 radical (unpaired) electrons. The Morgan fingerprint density at radius 3 is 1.80 bits per heavy atom. The Balaban J connectivity index is 1.06. The average Bonchev–Trinajstić information content (AvgIpc) is 2.78. The maximum absolute atomic E-state index is 13.5. The molecule has 0 N–H and O–H groups in total. The second-order valence-corrected chi connectivity index (χ2v) is 15.1. The van der Waals surface area contributed by atoms with Gasteiger partial charge in [-0.05, 0) is 146 Å². The molecule has 35 heavy (non-hydrogen) atoms. The Morgan fingerprint density at radius 1 is 0.829 bits per heavy atom. The lowest BCUT2D eigenvalue weighted by Crippen LogP contribution is -2.58. The quantitative estimate of drug-likeness (QED) is 0.350. The van der Waals surface area contributed by atoms with Crippen molar-refractivity contribution in [1.29, 1.82) is 0 Å². The first-order valence-corrected chi connectivity index (χ1v) is 15.0. The zero-order valence-electron chi connectivity index (χ0n) is 22.7. The Bertz CT molecular complexity index is 793. The smallest absolute Gasteiger partial charge is 0.312 e. The van der Waals surface area contributed by atoms with Crippen molar-refractivity contribution in [3.63, 3.8) is 0 Å². The summed E-state index contributed by atoms with van der Waals surface area (Å²) in [5.41, 5.74) is -0.758. The van der Waals surface area contributed by atoms with Crippen LogP contribution < -0.4 is 0 Å². The number of hydrogen-bond acceptors (Lipinski definition) is 4. The molecule has 0 spiro atoms. The molecule has 0 saturated heterocycles. The Hall–Kier alpha value is -1.06. The molecule has 0 aromatic heterocycles. The summed E-state index contributed by atoms with van der Waals surface area (Å²) in [5.74, 6) is 4.89. The molecule has 1 unspecified atom stereocenters. The van der Waals surface area contributed by atoms with Crippen molar-refractivity contribution in [2.75, 3.05) is 6.61 Å². The van der Waals surface area contributed by atoms with Gasteiger partial charge in [-0.15, -0.1) is 0 Å². The molecule has 1 atom stereocenters. The Kier molecular flexibility index (Phi) is 5.89. The number of esters is 2. The highest BCUT2D eigenvalue weighted by molar-refractivity contribution is 5.78. The molecule has 8 aliphatic rings.